The number of hydrogen-bond acceptors (Lipinski definition) is 7. The van der Waals surface area contributed by atoms with Gasteiger partial charge >= 0.3 is 0 Å². The first-order valence-electron chi connectivity index (χ1n) is 8.13. The summed E-state index contributed by atoms with van der Waals surface area (Å²) in [5, 5.41) is 13.0. The van der Waals surface area contributed by atoms with E-state index >= 15 is 0 Å². The van der Waals surface area contributed by atoms with Crippen LogP contribution in [0, 0.1) is 6.92 Å². The Hall–Kier alpha value is -2.52. The predicted octanol–water partition coefficient (Wildman–Crippen LogP) is 3.10. The quantitative estimate of drug-likeness (QED) is 0.532. The molecule has 4 aromatic rings. The molecule has 0 amide bonds. The first-order chi connectivity index (χ1) is 12.6. The van der Waals surface area contributed by atoms with Gasteiger partial charge in [0.25, 0.3) is 5.56 Å². The number of rotatable bonds is 5. The molecule has 0 radical (unpaired) electrons. The van der Waals surface area contributed by atoms with Crippen molar-refractivity contribution in [2.45, 2.75) is 31.2 Å². The van der Waals surface area contributed by atoms with Crippen LogP contribution in [0.25, 0.3) is 16.3 Å². The maximum absolute atomic E-state index is 12.2. The highest BCUT2D eigenvalue weighted by molar-refractivity contribution is 7.98. The number of aryl methyl sites for hydroxylation is 2. The second-order valence-electron chi connectivity index (χ2n) is 5.75. The molecule has 0 aliphatic rings. The lowest BCUT2D eigenvalue weighted by Gasteiger charge is -1.98. The number of hydrogen-bond donors (Lipinski definition) is 1. The Morgan fingerprint density at radius 1 is 1.27 bits per heavy atom. The van der Waals surface area contributed by atoms with E-state index in [9.17, 15) is 4.79 Å². The van der Waals surface area contributed by atoms with Crippen LogP contribution in [-0.4, -0.2) is 29.8 Å². The summed E-state index contributed by atoms with van der Waals surface area (Å²) in [7, 11) is 0. The van der Waals surface area contributed by atoms with Gasteiger partial charge in [0.15, 0.2) is 5.82 Å². The molecule has 1 N–H and O–H groups in total. The van der Waals surface area contributed by atoms with Crippen molar-refractivity contribution in [1.82, 2.24) is 29.8 Å². The number of nitrogens with zero attached hydrogens (tertiary/aromatic N) is 5. The predicted molar refractivity (Wildman–Crippen MR) is 103 cm³/mol. The van der Waals surface area contributed by atoms with Gasteiger partial charge in [0, 0.05) is 17.4 Å². The largest absolute Gasteiger partial charge is 0.275 e. The maximum atomic E-state index is 12.2. The second kappa shape index (κ2) is 7.00. The summed E-state index contributed by atoms with van der Waals surface area (Å²) in [4.78, 5) is 21.8. The summed E-state index contributed by atoms with van der Waals surface area (Å²) >= 11 is 2.89. The van der Waals surface area contributed by atoms with Gasteiger partial charge in [-0.05, 0) is 19.4 Å². The zero-order valence-corrected chi connectivity index (χ0v) is 15.9. The van der Waals surface area contributed by atoms with Gasteiger partial charge in [-0.25, -0.2) is 9.97 Å². The molecule has 1 aromatic carbocycles. The van der Waals surface area contributed by atoms with E-state index in [0.717, 1.165) is 22.8 Å². The fraction of sp³-hybridized carbons (Fsp3) is 0.235. The van der Waals surface area contributed by atoms with E-state index in [1.54, 1.807) is 0 Å². The number of thioether (sulfide) groups is 1. The van der Waals surface area contributed by atoms with E-state index in [1.165, 1.54) is 39.2 Å². The third-order valence-electron chi connectivity index (χ3n) is 3.75. The van der Waals surface area contributed by atoms with Crippen molar-refractivity contribution in [3.05, 3.63) is 57.0 Å². The van der Waals surface area contributed by atoms with Crippen molar-refractivity contribution in [3.8, 4) is 11.4 Å². The fourth-order valence-electron chi connectivity index (χ4n) is 2.48. The molecule has 0 saturated carbocycles. The molecule has 0 atom stereocenters. The van der Waals surface area contributed by atoms with Crippen LogP contribution >= 0.6 is 23.1 Å². The van der Waals surface area contributed by atoms with Crippen LogP contribution in [-0.2, 0) is 12.2 Å². The van der Waals surface area contributed by atoms with Gasteiger partial charge in [-0.1, -0.05) is 53.8 Å². The zero-order valence-electron chi connectivity index (χ0n) is 14.3. The highest BCUT2D eigenvalue weighted by atomic mass is 32.2. The van der Waals surface area contributed by atoms with Crippen molar-refractivity contribution < 1.29 is 0 Å². The van der Waals surface area contributed by atoms with Crippen molar-refractivity contribution in [2.24, 2.45) is 0 Å². The lowest BCUT2D eigenvalue weighted by atomic mass is 10.1. The molecule has 3 heterocycles. The Morgan fingerprint density at radius 3 is 2.96 bits per heavy atom. The fourth-order valence-corrected chi connectivity index (χ4v) is 4.03. The minimum atomic E-state index is -0.156. The summed E-state index contributed by atoms with van der Waals surface area (Å²) in [6.07, 6.45) is 0.788. The Balaban J connectivity index is 1.52. The van der Waals surface area contributed by atoms with E-state index in [-0.39, 0.29) is 5.56 Å². The summed E-state index contributed by atoms with van der Waals surface area (Å²) in [5.74, 6) is 1.26. The van der Waals surface area contributed by atoms with Crippen molar-refractivity contribution in [3.63, 3.8) is 0 Å². The smallest absolute Gasteiger partial charge is 0.267 e. The topological polar surface area (TPSA) is 88.8 Å². The molecule has 0 spiro atoms. The van der Waals surface area contributed by atoms with Crippen molar-refractivity contribution in [2.75, 3.05) is 0 Å². The molecule has 3 aromatic heterocycles. The van der Waals surface area contributed by atoms with Crippen LogP contribution in [0.1, 0.15) is 23.2 Å². The SMILES string of the molecule is CCc1nn2c(=O)cc(CSc3n[nH]c(-c4cccc(C)c4)n3)nc2s1. The van der Waals surface area contributed by atoms with E-state index in [0.29, 0.717) is 21.6 Å². The maximum Gasteiger partial charge on any atom is 0.275 e. The van der Waals surface area contributed by atoms with Gasteiger partial charge in [-0.2, -0.15) is 9.61 Å². The van der Waals surface area contributed by atoms with E-state index in [1.807, 2.05) is 32.0 Å². The normalized spacial score (nSPS) is 11.3. The van der Waals surface area contributed by atoms with Gasteiger partial charge in [-0.15, -0.1) is 5.10 Å². The summed E-state index contributed by atoms with van der Waals surface area (Å²) in [5.41, 5.74) is 2.71. The van der Waals surface area contributed by atoms with E-state index in [2.05, 4.69) is 31.3 Å². The Bertz CT molecular complexity index is 1130. The first-order valence-corrected chi connectivity index (χ1v) is 9.93. The lowest BCUT2D eigenvalue weighted by Crippen LogP contribution is -2.15. The molecule has 0 saturated heterocycles. The summed E-state index contributed by atoms with van der Waals surface area (Å²) < 4.78 is 1.36. The molecule has 0 aliphatic heterocycles. The zero-order chi connectivity index (χ0) is 18.1. The Kier molecular flexibility index (Phi) is 4.56. The molecule has 9 heteroatoms. The lowest BCUT2D eigenvalue weighted by molar-refractivity contribution is 0.852. The molecule has 7 nitrogen and oxygen atoms in total. The monoisotopic (exact) mass is 384 g/mol. The van der Waals surface area contributed by atoms with E-state index in [4.69, 9.17) is 0 Å². The number of nitrogens with one attached hydrogen (secondary N) is 1. The summed E-state index contributed by atoms with van der Waals surface area (Å²) in [6.45, 7) is 4.05. The molecular weight excluding hydrogens is 368 g/mol. The van der Waals surface area contributed by atoms with Gasteiger partial charge in [0.1, 0.15) is 5.01 Å². The second-order valence-corrected chi connectivity index (χ2v) is 7.74. The first kappa shape index (κ1) is 16.9. The van der Waals surface area contributed by atoms with E-state index < -0.39 is 0 Å². The van der Waals surface area contributed by atoms with Gasteiger partial charge in [0.05, 0.1) is 5.69 Å². The standard InChI is InChI=1S/C17H16N6OS2/c1-3-13-22-23-14(24)8-12(18-17(23)26-13)9-25-16-19-15(20-21-16)11-6-4-5-10(2)7-11/h4-8H,3,9H2,1-2H3,(H,19,20,21). The van der Waals surface area contributed by atoms with Crippen LogP contribution in [0.2, 0.25) is 0 Å². The summed E-state index contributed by atoms with van der Waals surface area (Å²) in [6, 6.07) is 9.60. The van der Waals surface area contributed by atoms with Crippen LogP contribution in [0.4, 0.5) is 0 Å². The highest BCUT2D eigenvalue weighted by Crippen LogP contribution is 2.22. The number of benzene rings is 1. The number of aromatic amines is 1. The van der Waals surface area contributed by atoms with Crippen LogP contribution < -0.4 is 5.56 Å². The number of H-pyrrole nitrogens is 1. The number of fused-ring (bicyclic) bond motifs is 1. The molecule has 0 unspecified atom stereocenters. The minimum Gasteiger partial charge on any atom is -0.267 e. The van der Waals surface area contributed by atoms with Gasteiger partial charge in [0.2, 0.25) is 10.1 Å². The van der Waals surface area contributed by atoms with Gasteiger partial charge < -0.3 is 0 Å². The van der Waals surface area contributed by atoms with Crippen LogP contribution in [0.3, 0.4) is 0 Å². The third-order valence-corrected chi connectivity index (χ3v) is 5.68. The van der Waals surface area contributed by atoms with Crippen molar-refractivity contribution >= 4 is 28.1 Å². The van der Waals surface area contributed by atoms with Crippen LogP contribution in [0.15, 0.2) is 40.3 Å². The van der Waals surface area contributed by atoms with Gasteiger partial charge in [-0.3, -0.25) is 9.89 Å². The molecule has 26 heavy (non-hydrogen) atoms. The average Bonchev–Trinajstić information content (AvgIpc) is 3.27. The third kappa shape index (κ3) is 3.40. The van der Waals surface area contributed by atoms with Crippen molar-refractivity contribution in [1.29, 1.82) is 0 Å². The molecular formula is C17H16N6OS2. The molecule has 0 fully saturated rings. The minimum absolute atomic E-state index is 0.156. The molecule has 132 valence electrons. The highest BCUT2D eigenvalue weighted by Gasteiger charge is 2.10. The van der Waals surface area contributed by atoms with Crippen LogP contribution in [0.5, 0.6) is 0 Å². The molecule has 0 aliphatic carbocycles. The Morgan fingerprint density at radius 2 is 2.15 bits per heavy atom. The Labute approximate surface area is 157 Å². The average molecular weight is 384 g/mol. The molecule has 0 bridgehead atoms. The number of aromatic nitrogens is 6. The molecule has 4 rings (SSSR count).